The van der Waals surface area contributed by atoms with Gasteiger partial charge in [-0.2, -0.15) is 0 Å². The van der Waals surface area contributed by atoms with Crippen molar-refractivity contribution in [2.24, 2.45) is 0 Å². The molecule has 0 saturated carbocycles. The van der Waals surface area contributed by atoms with Gasteiger partial charge in [0, 0.05) is 10.5 Å². The third-order valence-corrected chi connectivity index (χ3v) is 2.26. The quantitative estimate of drug-likeness (QED) is 0.321. The third kappa shape index (κ3) is 5.95. The van der Waals surface area contributed by atoms with Crippen molar-refractivity contribution in [2.45, 2.75) is 6.92 Å². The molecule has 0 aliphatic rings. The van der Waals surface area contributed by atoms with Gasteiger partial charge in [-0.15, -0.1) is 0 Å². The fraction of sp³-hybridized carbons (Fsp3) is 0.417. The van der Waals surface area contributed by atoms with Gasteiger partial charge in [0.15, 0.2) is 0 Å². The molecule has 0 heterocycles. The molecule has 0 amide bonds. The normalized spacial score (nSPS) is 9.67. The van der Waals surface area contributed by atoms with Crippen molar-refractivity contribution in [1.29, 1.82) is 0 Å². The van der Waals surface area contributed by atoms with Gasteiger partial charge in [0.1, 0.15) is 11.5 Å². The van der Waals surface area contributed by atoms with E-state index in [-0.39, 0.29) is 13.4 Å². The largest absolute Gasteiger partial charge is 0.511 e. The summed E-state index contributed by atoms with van der Waals surface area (Å²) < 4.78 is 20.9. The minimum atomic E-state index is -0.741. The average Bonchev–Trinajstić information content (AvgIpc) is 2.37. The summed E-state index contributed by atoms with van der Waals surface area (Å²) in [6, 6.07) is 7.14. The molecule has 5 nitrogen and oxygen atoms in total. The Balaban J connectivity index is 2.35. The van der Waals surface area contributed by atoms with E-state index in [4.69, 9.17) is 9.47 Å². The Labute approximate surface area is 119 Å². The number of alkyl halides is 1. The van der Waals surface area contributed by atoms with E-state index in [1.54, 1.807) is 19.1 Å². The van der Waals surface area contributed by atoms with Gasteiger partial charge in [0.05, 0.1) is 13.2 Å². The van der Waals surface area contributed by atoms with Crippen molar-refractivity contribution >= 4 is 28.7 Å². The lowest BCUT2D eigenvalue weighted by atomic mass is 10.3. The van der Waals surface area contributed by atoms with Crippen LogP contribution in [-0.2, 0) is 9.47 Å². The predicted octanol–water partition coefficient (Wildman–Crippen LogP) is 3.01. The smallest absolute Gasteiger partial charge is 0.493 e. The van der Waals surface area contributed by atoms with E-state index in [0.29, 0.717) is 12.4 Å². The first kappa shape index (κ1) is 14.9. The van der Waals surface area contributed by atoms with E-state index in [9.17, 15) is 4.79 Å². The zero-order chi connectivity index (χ0) is 13.2. The molecule has 0 aliphatic heterocycles. The summed E-state index contributed by atoms with van der Waals surface area (Å²) >= 11 is 2.23. The van der Waals surface area contributed by atoms with Gasteiger partial charge in [-0.25, -0.2) is 4.79 Å². The minimum Gasteiger partial charge on any atom is -0.493 e. The van der Waals surface area contributed by atoms with Crippen LogP contribution >= 0.6 is 22.6 Å². The van der Waals surface area contributed by atoms with Crippen LogP contribution in [-0.4, -0.2) is 30.6 Å². The van der Waals surface area contributed by atoms with E-state index < -0.39 is 6.16 Å². The summed E-state index contributed by atoms with van der Waals surface area (Å²) in [7, 11) is 0. The van der Waals surface area contributed by atoms with Crippen molar-refractivity contribution in [3.05, 3.63) is 24.3 Å². The lowest BCUT2D eigenvalue weighted by Gasteiger charge is -2.09. The standard InChI is InChI=1S/C12H15IO5/c1-2-15-12(14)18-9-17-11-5-3-4-10(8-11)16-7-6-13/h3-5,8H,2,6-7,9H2,1H3. The molecule has 1 aromatic rings. The number of carbonyl (C=O) groups excluding carboxylic acids is 1. The first-order valence-corrected chi connectivity index (χ1v) is 7.00. The van der Waals surface area contributed by atoms with E-state index >= 15 is 0 Å². The van der Waals surface area contributed by atoms with E-state index in [1.165, 1.54) is 0 Å². The van der Waals surface area contributed by atoms with Crippen LogP contribution in [0.4, 0.5) is 4.79 Å². The van der Waals surface area contributed by atoms with Crippen LogP contribution in [0.1, 0.15) is 6.92 Å². The van der Waals surface area contributed by atoms with Gasteiger partial charge in [0.25, 0.3) is 0 Å². The Bertz CT molecular complexity index is 369. The first-order valence-electron chi connectivity index (χ1n) is 5.47. The highest BCUT2D eigenvalue weighted by Crippen LogP contribution is 2.19. The summed E-state index contributed by atoms with van der Waals surface area (Å²) in [6.45, 7) is 2.44. The van der Waals surface area contributed by atoms with Crippen molar-refractivity contribution in [3.8, 4) is 11.5 Å². The van der Waals surface area contributed by atoms with Gasteiger partial charge in [-0.05, 0) is 19.1 Å². The number of benzene rings is 1. The van der Waals surface area contributed by atoms with Crippen LogP contribution in [0.3, 0.4) is 0 Å². The summed E-state index contributed by atoms with van der Waals surface area (Å²) in [5, 5.41) is 0. The Hall–Kier alpha value is -1.18. The van der Waals surface area contributed by atoms with Gasteiger partial charge >= 0.3 is 6.16 Å². The molecule has 1 aromatic carbocycles. The molecule has 0 atom stereocenters. The van der Waals surface area contributed by atoms with Gasteiger partial charge in [-0.1, -0.05) is 28.7 Å². The minimum absolute atomic E-state index is 0.186. The van der Waals surface area contributed by atoms with Crippen LogP contribution in [0.2, 0.25) is 0 Å². The lowest BCUT2D eigenvalue weighted by Crippen LogP contribution is -2.11. The number of hydrogen-bond acceptors (Lipinski definition) is 5. The maximum Gasteiger partial charge on any atom is 0.511 e. The molecule has 0 aromatic heterocycles. The molecule has 0 spiro atoms. The SMILES string of the molecule is CCOC(=O)OCOc1cccc(OCCI)c1. The molecule has 6 heteroatoms. The van der Waals surface area contributed by atoms with Crippen LogP contribution in [0.15, 0.2) is 24.3 Å². The number of rotatable bonds is 7. The maximum atomic E-state index is 10.9. The fourth-order valence-corrected chi connectivity index (χ4v) is 1.34. The van der Waals surface area contributed by atoms with E-state index in [0.717, 1.165) is 10.2 Å². The highest BCUT2D eigenvalue weighted by molar-refractivity contribution is 14.1. The second kappa shape index (κ2) is 8.84. The summed E-state index contributed by atoms with van der Waals surface area (Å²) in [5.74, 6) is 1.30. The van der Waals surface area contributed by atoms with Gasteiger partial charge < -0.3 is 18.9 Å². The number of ether oxygens (including phenoxy) is 4. The molecule has 0 saturated heterocycles. The molecular formula is C12H15IO5. The second-order valence-electron chi connectivity index (χ2n) is 3.10. The van der Waals surface area contributed by atoms with Crippen LogP contribution in [0, 0.1) is 0 Å². The maximum absolute atomic E-state index is 10.9. The van der Waals surface area contributed by atoms with Crippen molar-refractivity contribution in [3.63, 3.8) is 0 Å². The second-order valence-corrected chi connectivity index (χ2v) is 4.18. The van der Waals surface area contributed by atoms with Gasteiger partial charge in [0.2, 0.25) is 6.79 Å². The van der Waals surface area contributed by atoms with Crippen LogP contribution in [0.25, 0.3) is 0 Å². The van der Waals surface area contributed by atoms with E-state index in [1.807, 2.05) is 12.1 Å². The molecule has 0 unspecified atom stereocenters. The average molecular weight is 366 g/mol. The first-order chi connectivity index (χ1) is 8.76. The highest BCUT2D eigenvalue weighted by atomic mass is 127. The molecule has 0 radical (unpaired) electrons. The Morgan fingerprint density at radius 3 is 2.61 bits per heavy atom. The van der Waals surface area contributed by atoms with E-state index in [2.05, 4.69) is 32.1 Å². The Morgan fingerprint density at radius 1 is 1.22 bits per heavy atom. The van der Waals surface area contributed by atoms with Crippen molar-refractivity contribution in [2.75, 3.05) is 24.4 Å². The van der Waals surface area contributed by atoms with Crippen LogP contribution in [0.5, 0.6) is 11.5 Å². The monoisotopic (exact) mass is 366 g/mol. The Morgan fingerprint density at radius 2 is 1.94 bits per heavy atom. The fourth-order valence-electron chi connectivity index (χ4n) is 1.12. The van der Waals surface area contributed by atoms with Crippen molar-refractivity contribution in [1.82, 2.24) is 0 Å². The topological polar surface area (TPSA) is 54.0 Å². The van der Waals surface area contributed by atoms with Crippen molar-refractivity contribution < 1.29 is 23.7 Å². The zero-order valence-electron chi connectivity index (χ0n) is 10.1. The molecule has 100 valence electrons. The molecule has 0 fully saturated rings. The number of carbonyl (C=O) groups is 1. The molecule has 1 rings (SSSR count). The van der Waals surface area contributed by atoms with Crippen LogP contribution < -0.4 is 9.47 Å². The molecule has 0 N–H and O–H groups in total. The van der Waals surface area contributed by atoms with Gasteiger partial charge in [-0.3, -0.25) is 0 Å². The predicted molar refractivity (Wildman–Crippen MR) is 74.4 cm³/mol. The summed E-state index contributed by atoms with van der Waals surface area (Å²) in [6.07, 6.45) is -0.741. The lowest BCUT2D eigenvalue weighted by molar-refractivity contribution is 0.00683. The highest BCUT2D eigenvalue weighted by Gasteiger charge is 2.02. The zero-order valence-corrected chi connectivity index (χ0v) is 12.2. The molecule has 0 bridgehead atoms. The summed E-state index contributed by atoms with van der Waals surface area (Å²) in [4.78, 5) is 10.9. The summed E-state index contributed by atoms with van der Waals surface area (Å²) in [5.41, 5.74) is 0. The Kier molecular flexibility index (Phi) is 7.31. The third-order valence-electron chi connectivity index (χ3n) is 1.82. The molecular weight excluding hydrogens is 351 g/mol. The number of hydrogen-bond donors (Lipinski definition) is 0. The number of halogens is 1. The molecule has 18 heavy (non-hydrogen) atoms. The molecule has 0 aliphatic carbocycles.